The van der Waals surface area contributed by atoms with Gasteiger partial charge < -0.3 is 10.6 Å². The minimum Gasteiger partial charge on any atom is -0.381 e. The number of pyridine rings is 1. The van der Waals surface area contributed by atoms with Gasteiger partial charge in [-0.05, 0) is 42.7 Å². The van der Waals surface area contributed by atoms with E-state index >= 15 is 0 Å². The third kappa shape index (κ3) is 3.06. The molecule has 146 valence electrons. The van der Waals surface area contributed by atoms with E-state index in [1.807, 2.05) is 6.92 Å². The Hall–Kier alpha value is -2.92. The van der Waals surface area contributed by atoms with Crippen LogP contribution in [0.3, 0.4) is 0 Å². The van der Waals surface area contributed by atoms with Crippen molar-refractivity contribution in [3.63, 3.8) is 0 Å². The molecule has 0 aliphatic carbocycles. The van der Waals surface area contributed by atoms with Crippen LogP contribution in [0.25, 0.3) is 32.2 Å². The molecule has 4 nitrogen and oxygen atoms in total. The van der Waals surface area contributed by atoms with Crippen LogP contribution in [-0.2, 0) is 0 Å². The second-order valence-electron chi connectivity index (χ2n) is 8.04. The predicted octanol–water partition coefficient (Wildman–Crippen LogP) is 5.78. The van der Waals surface area contributed by atoms with Gasteiger partial charge in [-0.3, -0.25) is 4.79 Å². The monoisotopic (exact) mass is 401 g/mol. The number of amides is 1. The number of nitrogens with one attached hydrogen (secondary N) is 2. The molecule has 0 radical (unpaired) electrons. The van der Waals surface area contributed by atoms with E-state index in [1.54, 1.807) is 11.3 Å². The van der Waals surface area contributed by atoms with Gasteiger partial charge in [0.15, 0.2) is 0 Å². The molecule has 2 aromatic heterocycles. The lowest BCUT2D eigenvalue weighted by Gasteiger charge is -2.10. The molecule has 2 N–H and O–H groups in total. The summed E-state index contributed by atoms with van der Waals surface area (Å²) in [6.07, 6.45) is 0. The SMILES string of the molecule is CC(C)c1ccc(-c2ccc3c(ccc4sc5c(c43)NC[C@@H](C)NC5=O)n2)cc1. The van der Waals surface area contributed by atoms with Gasteiger partial charge in [0.2, 0.25) is 0 Å². The highest BCUT2D eigenvalue weighted by Gasteiger charge is 2.24. The fraction of sp³-hybridized carbons (Fsp3) is 0.250. The van der Waals surface area contributed by atoms with Crippen molar-refractivity contribution in [1.82, 2.24) is 10.3 Å². The fourth-order valence-corrected chi connectivity index (χ4v) is 5.02. The minimum absolute atomic E-state index is 0.00155. The van der Waals surface area contributed by atoms with Crippen molar-refractivity contribution in [2.45, 2.75) is 32.7 Å². The van der Waals surface area contributed by atoms with Gasteiger partial charge in [-0.15, -0.1) is 11.3 Å². The number of nitrogens with zero attached hydrogens (tertiary/aromatic N) is 1. The molecule has 0 fully saturated rings. The summed E-state index contributed by atoms with van der Waals surface area (Å²) >= 11 is 1.54. The van der Waals surface area contributed by atoms with Crippen LogP contribution in [0.15, 0.2) is 48.5 Å². The number of anilines is 1. The second-order valence-corrected chi connectivity index (χ2v) is 9.09. The molecule has 0 saturated heterocycles. The van der Waals surface area contributed by atoms with Gasteiger partial charge in [0.05, 0.1) is 16.9 Å². The number of carbonyl (C=O) groups excluding carboxylic acids is 1. The van der Waals surface area contributed by atoms with E-state index in [4.69, 9.17) is 4.98 Å². The minimum atomic E-state index is 0.00155. The fourth-order valence-electron chi connectivity index (χ4n) is 3.93. The van der Waals surface area contributed by atoms with Crippen molar-refractivity contribution in [2.24, 2.45) is 0 Å². The van der Waals surface area contributed by atoms with Crippen LogP contribution in [0.5, 0.6) is 0 Å². The first-order valence-corrected chi connectivity index (χ1v) is 10.8. The Balaban J connectivity index is 1.64. The highest BCUT2D eigenvalue weighted by atomic mass is 32.1. The third-order valence-electron chi connectivity index (χ3n) is 5.56. The number of hydrogen-bond donors (Lipinski definition) is 2. The van der Waals surface area contributed by atoms with E-state index in [2.05, 4.69) is 73.0 Å². The van der Waals surface area contributed by atoms with Crippen molar-refractivity contribution in [1.29, 1.82) is 0 Å². The summed E-state index contributed by atoms with van der Waals surface area (Å²) in [6, 6.07) is 17.1. The largest absolute Gasteiger partial charge is 0.381 e. The van der Waals surface area contributed by atoms with E-state index < -0.39 is 0 Å². The summed E-state index contributed by atoms with van der Waals surface area (Å²) in [5, 5.41) is 8.71. The maximum absolute atomic E-state index is 12.6. The van der Waals surface area contributed by atoms with Crippen LogP contribution in [0, 0.1) is 0 Å². The second kappa shape index (κ2) is 6.85. The summed E-state index contributed by atoms with van der Waals surface area (Å²) in [4.78, 5) is 18.3. The predicted molar refractivity (Wildman–Crippen MR) is 122 cm³/mol. The molecule has 4 aromatic rings. The lowest BCUT2D eigenvalue weighted by atomic mass is 10.00. The topological polar surface area (TPSA) is 54.0 Å². The third-order valence-corrected chi connectivity index (χ3v) is 6.72. The first-order valence-electron chi connectivity index (χ1n) is 10.0. The van der Waals surface area contributed by atoms with Gasteiger partial charge in [-0.25, -0.2) is 4.98 Å². The number of rotatable bonds is 2. The normalized spacial score (nSPS) is 16.6. The maximum Gasteiger partial charge on any atom is 0.263 e. The highest BCUT2D eigenvalue weighted by Crippen LogP contribution is 2.41. The van der Waals surface area contributed by atoms with Crippen LogP contribution in [0.1, 0.15) is 41.9 Å². The molecule has 2 aromatic carbocycles. The van der Waals surface area contributed by atoms with Gasteiger partial charge in [0, 0.05) is 33.6 Å². The standard InChI is InChI=1S/C24H23N3OS/c1-13(2)15-4-6-16(7-5-15)18-9-8-17-19(27-18)10-11-20-21(17)22-23(29-20)24(28)26-14(3)12-25-22/h4-11,13-14,25H,12H2,1-3H3,(H,26,28)/t14-/m1/s1. The first kappa shape index (κ1) is 18.1. The Labute approximate surface area is 174 Å². The molecular weight excluding hydrogens is 378 g/mol. The first-order chi connectivity index (χ1) is 14.0. The summed E-state index contributed by atoms with van der Waals surface area (Å²) in [5.41, 5.74) is 5.30. The summed E-state index contributed by atoms with van der Waals surface area (Å²) in [7, 11) is 0. The van der Waals surface area contributed by atoms with Crippen LogP contribution < -0.4 is 10.6 Å². The molecule has 0 spiro atoms. The van der Waals surface area contributed by atoms with Crippen LogP contribution in [-0.4, -0.2) is 23.5 Å². The molecule has 1 amide bonds. The average Bonchev–Trinajstić information content (AvgIpc) is 3.04. The van der Waals surface area contributed by atoms with Crippen molar-refractivity contribution < 1.29 is 4.79 Å². The zero-order valence-electron chi connectivity index (χ0n) is 16.7. The molecule has 29 heavy (non-hydrogen) atoms. The van der Waals surface area contributed by atoms with E-state index in [1.165, 1.54) is 5.56 Å². The highest BCUT2D eigenvalue weighted by molar-refractivity contribution is 7.21. The lowest BCUT2D eigenvalue weighted by Crippen LogP contribution is -2.34. The molecule has 1 aliphatic heterocycles. The van der Waals surface area contributed by atoms with Crippen molar-refractivity contribution in [3.8, 4) is 11.3 Å². The zero-order chi connectivity index (χ0) is 20.1. The smallest absolute Gasteiger partial charge is 0.263 e. The van der Waals surface area contributed by atoms with Gasteiger partial charge in [-0.1, -0.05) is 38.1 Å². The van der Waals surface area contributed by atoms with E-state index in [0.717, 1.165) is 42.8 Å². The molecular formula is C24H23N3OS. The molecule has 0 unspecified atom stereocenters. The van der Waals surface area contributed by atoms with Crippen LogP contribution in [0.2, 0.25) is 0 Å². The Morgan fingerprint density at radius 2 is 1.86 bits per heavy atom. The molecule has 5 heteroatoms. The van der Waals surface area contributed by atoms with Crippen molar-refractivity contribution >= 4 is 43.9 Å². The Morgan fingerprint density at radius 1 is 1.07 bits per heavy atom. The number of carbonyl (C=O) groups is 1. The molecule has 1 atom stereocenters. The zero-order valence-corrected chi connectivity index (χ0v) is 17.6. The number of hydrogen-bond acceptors (Lipinski definition) is 4. The number of thiophene rings is 1. The summed E-state index contributed by atoms with van der Waals surface area (Å²) in [5.74, 6) is 0.518. The van der Waals surface area contributed by atoms with Crippen molar-refractivity contribution in [2.75, 3.05) is 11.9 Å². The quantitative estimate of drug-likeness (QED) is 0.447. The van der Waals surface area contributed by atoms with Gasteiger partial charge in [0.1, 0.15) is 4.88 Å². The molecule has 1 aliphatic rings. The number of fused-ring (bicyclic) bond motifs is 5. The average molecular weight is 402 g/mol. The van der Waals surface area contributed by atoms with E-state index in [9.17, 15) is 4.79 Å². The lowest BCUT2D eigenvalue weighted by molar-refractivity contribution is 0.0949. The molecule has 0 saturated carbocycles. The molecule has 0 bridgehead atoms. The Morgan fingerprint density at radius 3 is 2.62 bits per heavy atom. The van der Waals surface area contributed by atoms with E-state index in [-0.39, 0.29) is 11.9 Å². The van der Waals surface area contributed by atoms with Gasteiger partial charge in [0.25, 0.3) is 5.91 Å². The maximum atomic E-state index is 12.6. The van der Waals surface area contributed by atoms with Gasteiger partial charge in [-0.2, -0.15) is 0 Å². The van der Waals surface area contributed by atoms with Gasteiger partial charge >= 0.3 is 0 Å². The van der Waals surface area contributed by atoms with Crippen molar-refractivity contribution in [3.05, 3.63) is 59.0 Å². The number of aromatic nitrogens is 1. The summed E-state index contributed by atoms with van der Waals surface area (Å²) < 4.78 is 1.11. The van der Waals surface area contributed by atoms with Crippen LogP contribution >= 0.6 is 11.3 Å². The summed E-state index contributed by atoms with van der Waals surface area (Å²) in [6.45, 7) is 7.13. The Kier molecular flexibility index (Phi) is 4.28. The van der Waals surface area contributed by atoms with E-state index in [0.29, 0.717) is 12.5 Å². The Bertz CT molecular complexity index is 1240. The molecule has 5 rings (SSSR count). The molecule has 3 heterocycles. The van der Waals surface area contributed by atoms with Crippen LogP contribution in [0.4, 0.5) is 5.69 Å². The number of benzene rings is 2.